The molecule has 0 radical (unpaired) electrons. The lowest BCUT2D eigenvalue weighted by atomic mass is 9.83. The average Bonchev–Trinajstić information content (AvgIpc) is 2.83. The van der Waals surface area contributed by atoms with E-state index in [0.29, 0.717) is 29.8 Å². The Labute approximate surface area is 195 Å². The number of amides is 1. The molecule has 0 atom stereocenters. The van der Waals surface area contributed by atoms with Gasteiger partial charge in [0.05, 0.1) is 5.69 Å². The minimum Gasteiger partial charge on any atom is -0.438 e. The fourth-order valence-corrected chi connectivity index (χ4v) is 3.97. The van der Waals surface area contributed by atoms with Crippen LogP contribution in [0.1, 0.15) is 43.1 Å². The van der Waals surface area contributed by atoms with Crippen molar-refractivity contribution in [3.8, 4) is 11.6 Å². The molecule has 0 spiro atoms. The maximum Gasteiger partial charge on any atom is 0.334 e. The van der Waals surface area contributed by atoms with Crippen LogP contribution in [0.2, 0.25) is 0 Å². The van der Waals surface area contributed by atoms with E-state index in [4.69, 9.17) is 10.5 Å². The Hall–Kier alpha value is -4.02. The lowest BCUT2D eigenvalue weighted by Gasteiger charge is -2.26. The standard InChI is InChI=1S/C23H27N7O4/c1-14-3-5-15(6-4-14)13-30-21(26-22(32)29(2)23(30)33)25-16-7-9-17(10-8-16)34-19-12-11-18(20(24)31)27-28-19/h7-12,14-15H,3-6,13H2,1-2H3,(H2,24,31)(H,25,26,32)/t14-,15-. The van der Waals surface area contributed by atoms with E-state index < -0.39 is 11.6 Å². The molecule has 0 aliphatic heterocycles. The van der Waals surface area contributed by atoms with Crippen LogP contribution in [0.25, 0.3) is 0 Å². The molecule has 11 nitrogen and oxygen atoms in total. The van der Waals surface area contributed by atoms with Gasteiger partial charge in [0.25, 0.3) is 5.91 Å². The van der Waals surface area contributed by atoms with Crippen molar-refractivity contribution in [1.29, 1.82) is 0 Å². The number of ether oxygens (including phenoxy) is 1. The largest absolute Gasteiger partial charge is 0.438 e. The van der Waals surface area contributed by atoms with E-state index in [1.165, 1.54) is 19.2 Å². The number of hydrogen-bond donors (Lipinski definition) is 2. The second-order valence-corrected chi connectivity index (χ2v) is 8.66. The van der Waals surface area contributed by atoms with Crippen molar-refractivity contribution in [2.75, 3.05) is 0 Å². The SMILES string of the molecule is Cn1c(=O)[nH]/c(=N\c2ccc(Oc3ccc(C(N)=O)nn3)cc2)n(C[C@H]2CC[C@H](C)CC2)c1=O. The van der Waals surface area contributed by atoms with E-state index in [9.17, 15) is 14.4 Å². The number of primary amides is 1. The van der Waals surface area contributed by atoms with Crippen LogP contribution in [0, 0.1) is 11.8 Å². The molecule has 0 unspecified atom stereocenters. The third kappa shape index (κ3) is 5.30. The molecular weight excluding hydrogens is 438 g/mol. The quantitative estimate of drug-likeness (QED) is 0.565. The minimum atomic E-state index is -0.672. The molecule has 0 saturated heterocycles. The Morgan fingerprint density at radius 3 is 2.44 bits per heavy atom. The van der Waals surface area contributed by atoms with Crippen molar-refractivity contribution >= 4 is 11.6 Å². The summed E-state index contributed by atoms with van der Waals surface area (Å²) in [5, 5.41) is 7.50. The zero-order chi connectivity index (χ0) is 24.2. The third-order valence-electron chi connectivity index (χ3n) is 6.06. The van der Waals surface area contributed by atoms with Crippen LogP contribution < -0.4 is 27.5 Å². The van der Waals surface area contributed by atoms with Crippen molar-refractivity contribution in [3.63, 3.8) is 0 Å². The van der Waals surface area contributed by atoms with Gasteiger partial charge in [-0.1, -0.05) is 19.8 Å². The Bertz CT molecular complexity index is 1350. The van der Waals surface area contributed by atoms with E-state index in [1.54, 1.807) is 28.8 Å². The fourth-order valence-electron chi connectivity index (χ4n) is 3.97. The van der Waals surface area contributed by atoms with Crippen molar-refractivity contribution in [3.05, 3.63) is 68.7 Å². The van der Waals surface area contributed by atoms with Crippen LogP contribution in [0.3, 0.4) is 0 Å². The summed E-state index contributed by atoms with van der Waals surface area (Å²) in [5.41, 5.74) is 5.04. The van der Waals surface area contributed by atoms with Crippen molar-refractivity contribution < 1.29 is 9.53 Å². The summed E-state index contributed by atoms with van der Waals surface area (Å²) < 4.78 is 8.23. The monoisotopic (exact) mass is 465 g/mol. The summed E-state index contributed by atoms with van der Waals surface area (Å²) in [7, 11) is 1.45. The van der Waals surface area contributed by atoms with Gasteiger partial charge in [-0.25, -0.2) is 19.1 Å². The number of H-pyrrole nitrogens is 1. The maximum atomic E-state index is 12.8. The van der Waals surface area contributed by atoms with Crippen molar-refractivity contribution in [1.82, 2.24) is 24.3 Å². The van der Waals surface area contributed by atoms with Crippen molar-refractivity contribution in [2.45, 2.75) is 39.2 Å². The second kappa shape index (κ2) is 9.86. The number of aromatic amines is 1. The van der Waals surface area contributed by atoms with Gasteiger partial charge >= 0.3 is 11.4 Å². The zero-order valence-electron chi connectivity index (χ0n) is 19.1. The molecule has 178 valence electrons. The van der Waals surface area contributed by atoms with Crippen LogP contribution in [0.4, 0.5) is 5.69 Å². The van der Waals surface area contributed by atoms with E-state index in [1.807, 2.05) is 0 Å². The van der Waals surface area contributed by atoms with Crippen LogP contribution in [-0.2, 0) is 13.6 Å². The Morgan fingerprint density at radius 2 is 1.82 bits per heavy atom. The second-order valence-electron chi connectivity index (χ2n) is 8.66. The third-order valence-corrected chi connectivity index (χ3v) is 6.06. The predicted molar refractivity (Wildman–Crippen MR) is 124 cm³/mol. The number of carbonyl (C=O) groups excluding carboxylic acids is 1. The summed E-state index contributed by atoms with van der Waals surface area (Å²) in [6.45, 7) is 2.76. The molecule has 34 heavy (non-hydrogen) atoms. The normalized spacial score (nSPS) is 18.6. The van der Waals surface area contributed by atoms with Gasteiger partial charge in [0, 0.05) is 19.7 Å². The first-order chi connectivity index (χ1) is 16.3. The molecule has 1 aliphatic rings. The molecular formula is C23H27N7O4. The van der Waals surface area contributed by atoms with Gasteiger partial charge in [-0.15, -0.1) is 10.2 Å². The molecule has 4 rings (SSSR count). The summed E-state index contributed by atoms with van der Waals surface area (Å²) in [6, 6.07) is 9.66. The molecule has 3 aromatic rings. The number of carbonyl (C=O) groups is 1. The number of aromatic nitrogens is 5. The molecule has 0 bridgehead atoms. The summed E-state index contributed by atoms with van der Waals surface area (Å²) in [4.78, 5) is 43.4. The number of rotatable bonds is 6. The van der Waals surface area contributed by atoms with Crippen LogP contribution >= 0.6 is 0 Å². The fraction of sp³-hybridized carbons (Fsp3) is 0.391. The smallest absolute Gasteiger partial charge is 0.334 e. The topological polar surface area (TPSA) is 150 Å². The van der Waals surface area contributed by atoms with Gasteiger partial charge in [-0.2, -0.15) is 0 Å². The maximum absolute atomic E-state index is 12.8. The van der Waals surface area contributed by atoms with Crippen LogP contribution in [-0.4, -0.2) is 30.2 Å². The summed E-state index contributed by atoms with van der Waals surface area (Å²) >= 11 is 0. The minimum absolute atomic E-state index is 0.0422. The average molecular weight is 466 g/mol. The summed E-state index contributed by atoms with van der Waals surface area (Å²) in [5.74, 6) is 1.07. The van der Waals surface area contributed by atoms with Gasteiger partial charge < -0.3 is 10.5 Å². The predicted octanol–water partition coefficient (Wildman–Crippen LogP) is 1.61. The van der Waals surface area contributed by atoms with Gasteiger partial charge in [0.2, 0.25) is 11.5 Å². The lowest BCUT2D eigenvalue weighted by molar-refractivity contribution is 0.0994. The van der Waals surface area contributed by atoms with Gasteiger partial charge in [-0.05, 0) is 55.0 Å². The number of nitrogens with one attached hydrogen (secondary N) is 1. The van der Waals surface area contributed by atoms with E-state index >= 15 is 0 Å². The molecule has 2 heterocycles. The Morgan fingerprint density at radius 1 is 1.12 bits per heavy atom. The lowest BCUT2D eigenvalue weighted by Crippen LogP contribution is -2.49. The van der Waals surface area contributed by atoms with E-state index in [0.717, 1.165) is 30.3 Å². The highest BCUT2D eigenvalue weighted by atomic mass is 16.5. The highest BCUT2D eigenvalue weighted by Crippen LogP contribution is 2.28. The van der Waals surface area contributed by atoms with E-state index in [-0.39, 0.29) is 22.9 Å². The van der Waals surface area contributed by atoms with Gasteiger partial charge in [-0.3, -0.25) is 14.3 Å². The number of hydrogen-bond acceptors (Lipinski definition) is 7. The van der Waals surface area contributed by atoms with Gasteiger partial charge in [0.15, 0.2) is 5.69 Å². The first-order valence-corrected chi connectivity index (χ1v) is 11.2. The van der Waals surface area contributed by atoms with Crippen LogP contribution in [0.15, 0.2) is 51.0 Å². The van der Waals surface area contributed by atoms with Crippen LogP contribution in [0.5, 0.6) is 11.6 Å². The molecule has 1 saturated carbocycles. The van der Waals surface area contributed by atoms with E-state index in [2.05, 4.69) is 27.1 Å². The first-order valence-electron chi connectivity index (χ1n) is 11.2. The number of nitrogens with zero attached hydrogens (tertiary/aromatic N) is 5. The zero-order valence-corrected chi connectivity index (χ0v) is 19.1. The number of benzene rings is 1. The summed E-state index contributed by atoms with van der Waals surface area (Å²) in [6.07, 6.45) is 4.37. The van der Waals surface area contributed by atoms with Crippen molar-refractivity contribution in [2.24, 2.45) is 29.6 Å². The molecule has 1 aliphatic carbocycles. The Balaban J connectivity index is 1.58. The first kappa shape index (κ1) is 23.1. The molecule has 1 fully saturated rings. The molecule has 1 amide bonds. The highest BCUT2D eigenvalue weighted by molar-refractivity contribution is 5.90. The number of nitrogens with two attached hydrogens (primary N) is 1. The molecule has 11 heteroatoms. The molecule has 3 N–H and O–H groups in total. The molecule has 1 aromatic carbocycles. The molecule has 2 aromatic heterocycles. The highest BCUT2D eigenvalue weighted by Gasteiger charge is 2.20. The van der Waals surface area contributed by atoms with Gasteiger partial charge in [0.1, 0.15) is 5.75 Å². The Kier molecular flexibility index (Phi) is 6.71.